The molecular weight excluding hydrogens is 406 g/mol. The van der Waals surface area contributed by atoms with Gasteiger partial charge in [0.1, 0.15) is 11.6 Å². The van der Waals surface area contributed by atoms with Gasteiger partial charge in [0.25, 0.3) is 0 Å². The van der Waals surface area contributed by atoms with Gasteiger partial charge in [-0.2, -0.15) is 0 Å². The van der Waals surface area contributed by atoms with Gasteiger partial charge in [0, 0.05) is 54.0 Å². The summed E-state index contributed by atoms with van der Waals surface area (Å²) in [7, 11) is 0. The van der Waals surface area contributed by atoms with Crippen molar-refractivity contribution in [3.05, 3.63) is 46.3 Å². The second-order valence-electron chi connectivity index (χ2n) is 7.20. The molecule has 0 bridgehead atoms. The standard InChI is InChI=1S/C20H26BrN5O/c1-14(2)20-22-15(3)11-18(24-20)26-9-7-25(8-10-26)13-19(27)23-17-6-4-5-16(21)12-17/h4-6,11-12,14H,7-10,13H2,1-3H3,(H,23,27). The lowest BCUT2D eigenvalue weighted by molar-refractivity contribution is -0.117. The number of amides is 1. The van der Waals surface area contributed by atoms with Crippen LogP contribution >= 0.6 is 15.9 Å². The maximum atomic E-state index is 12.3. The molecule has 6 nitrogen and oxygen atoms in total. The summed E-state index contributed by atoms with van der Waals surface area (Å²) < 4.78 is 0.954. The maximum absolute atomic E-state index is 12.3. The van der Waals surface area contributed by atoms with E-state index in [4.69, 9.17) is 4.98 Å². The van der Waals surface area contributed by atoms with Crippen molar-refractivity contribution < 1.29 is 4.79 Å². The van der Waals surface area contributed by atoms with Gasteiger partial charge in [-0.3, -0.25) is 9.69 Å². The third-order valence-corrected chi connectivity index (χ3v) is 5.04. The molecule has 1 fully saturated rings. The van der Waals surface area contributed by atoms with Crippen LogP contribution in [0.3, 0.4) is 0 Å². The Morgan fingerprint density at radius 1 is 1.19 bits per heavy atom. The first-order valence-corrected chi connectivity index (χ1v) is 10.1. The van der Waals surface area contributed by atoms with Gasteiger partial charge in [0.05, 0.1) is 6.54 Å². The number of nitrogens with zero attached hydrogens (tertiary/aromatic N) is 4. The highest BCUT2D eigenvalue weighted by atomic mass is 79.9. The number of piperazine rings is 1. The summed E-state index contributed by atoms with van der Waals surface area (Å²) >= 11 is 3.42. The zero-order valence-corrected chi connectivity index (χ0v) is 17.7. The Morgan fingerprint density at radius 2 is 1.93 bits per heavy atom. The van der Waals surface area contributed by atoms with Crippen molar-refractivity contribution >= 4 is 33.3 Å². The molecular formula is C20H26BrN5O. The number of rotatable bonds is 5. The lowest BCUT2D eigenvalue weighted by Crippen LogP contribution is -2.49. The van der Waals surface area contributed by atoms with Gasteiger partial charge >= 0.3 is 0 Å². The van der Waals surface area contributed by atoms with Crippen molar-refractivity contribution in [3.63, 3.8) is 0 Å². The molecule has 1 aliphatic rings. The number of anilines is 2. The Kier molecular flexibility index (Phi) is 6.44. The van der Waals surface area contributed by atoms with Crippen LogP contribution in [0.2, 0.25) is 0 Å². The first kappa shape index (κ1) is 19.8. The molecule has 0 saturated carbocycles. The molecule has 1 N–H and O–H groups in total. The van der Waals surface area contributed by atoms with E-state index in [0.717, 1.165) is 53.7 Å². The molecule has 0 unspecified atom stereocenters. The zero-order chi connectivity index (χ0) is 19.4. The van der Waals surface area contributed by atoms with Crippen LogP contribution in [-0.2, 0) is 4.79 Å². The summed E-state index contributed by atoms with van der Waals surface area (Å²) in [4.78, 5) is 26.0. The lowest BCUT2D eigenvalue weighted by atomic mass is 10.2. The third-order valence-electron chi connectivity index (χ3n) is 4.55. The van der Waals surface area contributed by atoms with Crippen LogP contribution in [0.5, 0.6) is 0 Å². The van der Waals surface area contributed by atoms with Crippen molar-refractivity contribution in [3.8, 4) is 0 Å². The van der Waals surface area contributed by atoms with Crippen molar-refractivity contribution in [1.29, 1.82) is 0 Å². The third kappa shape index (κ3) is 5.49. The summed E-state index contributed by atoms with van der Waals surface area (Å²) in [5.74, 6) is 2.21. The van der Waals surface area contributed by atoms with Gasteiger partial charge in [-0.25, -0.2) is 9.97 Å². The van der Waals surface area contributed by atoms with Gasteiger partial charge in [-0.05, 0) is 25.1 Å². The van der Waals surface area contributed by atoms with Crippen LogP contribution in [-0.4, -0.2) is 53.5 Å². The molecule has 2 heterocycles. The quantitative estimate of drug-likeness (QED) is 0.785. The molecule has 0 atom stereocenters. The average molecular weight is 432 g/mol. The Bertz CT molecular complexity index is 803. The van der Waals surface area contributed by atoms with Crippen LogP contribution < -0.4 is 10.2 Å². The molecule has 27 heavy (non-hydrogen) atoms. The number of aromatic nitrogens is 2. The summed E-state index contributed by atoms with van der Waals surface area (Å²) in [5.41, 5.74) is 1.81. The molecule has 1 amide bonds. The number of hydrogen-bond acceptors (Lipinski definition) is 5. The van der Waals surface area contributed by atoms with Crippen LogP contribution in [0, 0.1) is 6.92 Å². The topological polar surface area (TPSA) is 61.4 Å². The first-order valence-electron chi connectivity index (χ1n) is 9.29. The lowest BCUT2D eigenvalue weighted by Gasteiger charge is -2.35. The Labute approximate surface area is 169 Å². The molecule has 3 rings (SSSR count). The number of aryl methyl sites for hydroxylation is 1. The molecule has 1 aromatic carbocycles. The van der Waals surface area contributed by atoms with Gasteiger partial charge in [0.2, 0.25) is 5.91 Å². The van der Waals surface area contributed by atoms with Crippen molar-refractivity contribution in [2.45, 2.75) is 26.7 Å². The molecule has 2 aromatic rings. The monoisotopic (exact) mass is 431 g/mol. The van der Waals surface area contributed by atoms with Crippen LogP contribution in [0.15, 0.2) is 34.8 Å². The van der Waals surface area contributed by atoms with Gasteiger partial charge in [0.15, 0.2) is 0 Å². The number of halogens is 1. The molecule has 1 aromatic heterocycles. The average Bonchev–Trinajstić information content (AvgIpc) is 2.61. The Balaban J connectivity index is 1.54. The molecule has 1 saturated heterocycles. The van der Waals surface area contributed by atoms with E-state index in [1.807, 2.05) is 37.3 Å². The first-order chi connectivity index (χ1) is 12.9. The minimum atomic E-state index is 0.0153. The highest BCUT2D eigenvalue weighted by Crippen LogP contribution is 2.19. The molecule has 144 valence electrons. The van der Waals surface area contributed by atoms with Crippen LogP contribution in [0.1, 0.15) is 31.3 Å². The maximum Gasteiger partial charge on any atom is 0.238 e. The van der Waals surface area contributed by atoms with Crippen molar-refractivity contribution in [2.75, 3.05) is 42.9 Å². The smallest absolute Gasteiger partial charge is 0.238 e. The van der Waals surface area contributed by atoms with E-state index < -0.39 is 0 Å². The number of carbonyl (C=O) groups is 1. The van der Waals surface area contributed by atoms with E-state index in [2.05, 4.69) is 49.9 Å². The SMILES string of the molecule is Cc1cc(N2CCN(CC(=O)Nc3cccc(Br)c3)CC2)nc(C(C)C)n1. The van der Waals surface area contributed by atoms with E-state index in [1.165, 1.54) is 0 Å². The van der Waals surface area contributed by atoms with E-state index in [-0.39, 0.29) is 5.91 Å². The minimum absolute atomic E-state index is 0.0153. The van der Waals surface area contributed by atoms with E-state index in [0.29, 0.717) is 12.5 Å². The predicted octanol–water partition coefficient (Wildman–Crippen LogP) is 3.43. The Hall–Kier alpha value is -1.99. The highest BCUT2D eigenvalue weighted by molar-refractivity contribution is 9.10. The molecule has 7 heteroatoms. The molecule has 0 spiro atoms. The highest BCUT2D eigenvalue weighted by Gasteiger charge is 2.21. The van der Waals surface area contributed by atoms with E-state index in [1.54, 1.807) is 0 Å². The summed E-state index contributed by atoms with van der Waals surface area (Å²) in [5, 5.41) is 2.96. The van der Waals surface area contributed by atoms with Gasteiger partial charge < -0.3 is 10.2 Å². The number of hydrogen-bond donors (Lipinski definition) is 1. The number of nitrogens with one attached hydrogen (secondary N) is 1. The zero-order valence-electron chi connectivity index (χ0n) is 16.1. The second kappa shape index (κ2) is 8.80. The largest absolute Gasteiger partial charge is 0.354 e. The summed E-state index contributed by atoms with van der Waals surface area (Å²) in [6.07, 6.45) is 0. The van der Waals surface area contributed by atoms with Crippen molar-refractivity contribution in [2.24, 2.45) is 0 Å². The van der Waals surface area contributed by atoms with E-state index >= 15 is 0 Å². The Morgan fingerprint density at radius 3 is 2.59 bits per heavy atom. The summed E-state index contributed by atoms with van der Waals surface area (Å²) in [6.45, 7) is 10.0. The number of carbonyl (C=O) groups excluding carboxylic acids is 1. The fourth-order valence-electron chi connectivity index (χ4n) is 3.10. The van der Waals surface area contributed by atoms with Crippen LogP contribution in [0.25, 0.3) is 0 Å². The minimum Gasteiger partial charge on any atom is -0.354 e. The van der Waals surface area contributed by atoms with Gasteiger partial charge in [-0.1, -0.05) is 35.8 Å². The molecule has 1 aliphatic heterocycles. The van der Waals surface area contributed by atoms with Crippen LogP contribution in [0.4, 0.5) is 11.5 Å². The normalized spacial score (nSPS) is 15.2. The molecule has 0 radical (unpaired) electrons. The fourth-order valence-corrected chi connectivity index (χ4v) is 3.50. The van der Waals surface area contributed by atoms with Gasteiger partial charge in [-0.15, -0.1) is 0 Å². The second-order valence-corrected chi connectivity index (χ2v) is 8.12. The predicted molar refractivity (Wildman–Crippen MR) is 112 cm³/mol. The number of benzene rings is 1. The fraction of sp³-hybridized carbons (Fsp3) is 0.450. The van der Waals surface area contributed by atoms with Crippen molar-refractivity contribution in [1.82, 2.24) is 14.9 Å². The summed E-state index contributed by atoms with van der Waals surface area (Å²) in [6, 6.07) is 9.69. The molecule has 0 aliphatic carbocycles. The van der Waals surface area contributed by atoms with E-state index in [9.17, 15) is 4.79 Å².